The highest BCUT2D eigenvalue weighted by molar-refractivity contribution is 6.00. The van der Waals surface area contributed by atoms with Crippen molar-refractivity contribution in [3.63, 3.8) is 0 Å². The third kappa shape index (κ3) is 5.51. The van der Waals surface area contributed by atoms with Crippen LogP contribution in [0.25, 0.3) is 0 Å². The molecule has 2 aliphatic heterocycles. The van der Waals surface area contributed by atoms with Crippen molar-refractivity contribution in [2.24, 2.45) is 0 Å². The number of piperazine rings is 1. The third-order valence-electron chi connectivity index (χ3n) is 7.43. The fourth-order valence-corrected chi connectivity index (χ4v) is 5.40. The molecule has 2 aromatic rings. The maximum atomic E-state index is 13.8. The van der Waals surface area contributed by atoms with Crippen LogP contribution in [-0.2, 0) is 16.0 Å². The van der Waals surface area contributed by atoms with E-state index in [1.54, 1.807) is 11.2 Å². The molecule has 2 N–H and O–H groups in total. The minimum absolute atomic E-state index is 0.0666. The minimum atomic E-state index is -0.986. The minimum Gasteiger partial charge on any atom is -0.467 e. The van der Waals surface area contributed by atoms with E-state index in [0.717, 1.165) is 37.0 Å². The first-order chi connectivity index (χ1) is 17.5. The summed E-state index contributed by atoms with van der Waals surface area (Å²) in [7, 11) is 0. The van der Waals surface area contributed by atoms with E-state index < -0.39 is 5.54 Å². The molecule has 1 aromatic heterocycles. The van der Waals surface area contributed by atoms with E-state index >= 15 is 0 Å². The van der Waals surface area contributed by atoms with E-state index in [0.29, 0.717) is 25.2 Å². The number of amides is 2. The molecule has 7 nitrogen and oxygen atoms in total. The van der Waals surface area contributed by atoms with Crippen molar-refractivity contribution in [1.29, 1.82) is 0 Å². The molecule has 1 saturated heterocycles. The topological polar surface area (TPSA) is 77.8 Å². The van der Waals surface area contributed by atoms with Crippen LogP contribution in [0.15, 0.2) is 64.9 Å². The molecule has 0 radical (unpaired) electrons. The lowest BCUT2D eigenvalue weighted by Crippen LogP contribution is -2.69. The normalized spacial score (nSPS) is 24.4. The van der Waals surface area contributed by atoms with Crippen LogP contribution in [-0.4, -0.2) is 46.4 Å². The summed E-state index contributed by atoms with van der Waals surface area (Å²) >= 11 is 0. The van der Waals surface area contributed by atoms with Gasteiger partial charge in [-0.1, -0.05) is 69.9 Å². The SMILES string of the molecule is CC.CC1(C(=O)NC2CCCCCC2)CN2NC(c3ccco3)C=C2C(=O)N1CCc1ccccc1. The lowest BCUT2D eigenvalue weighted by atomic mass is 9.92. The summed E-state index contributed by atoms with van der Waals surface area (Å²) in [5.74, 6) is 0.556. The van der Waals surface area contributed by atoms with Gasteiger partial charge in [0.15, 0.2) is 0 Å². The predicted molar refractivity (Wildman–Crippen MR) is 141 cm³/mol. The van der Waals surface area contributed by atoms with Gasteiger partial charge >= 0.3 is 0 Å². The van der Waals surface area contributed by atoms with Gasteiger partial charge in [-0.15, -0.1) is 0 Å². The molecule has 2 atom stereocenters. The molecule has 5 rings (SSSR count). The third-order valence-corrected chi connectivity index (χ3v) is 7.43. The Labute approximate surface area is 214 Å². The first-order valence-corrected chi connectivity index (χ1v) is 13.5. The number of hydrogen-bond acceptors (Lipinski definition) is 5. The van der Waals surface area contributed by atoms with Crippen LogP contribution >= 0.6 is 0 Å². The van der Waals surface area contributed by atoms with Gasteiger partial charge in [0.1, 0.15) is 23.0 Å². The van der Waals surface area contributed by atoms with Gasteiger partial charge in [-0.2, -0.15) is 0 Å². The Kier molecular flexibility index (Phi) is 8.52. The van der Waals surface area contributed by atoms with Gasteiger partial charge in [-0.3, -0.25) is 14.6 Å². The molecule has 1 aliphatic carbocycles. The molecule has 194 valence electrons. The van der Waals surface area contributed by atoms with Crippen LogP contribution in [0.1, 0.15) is 76.7 Å². The maximum Gasteiger partial charge on any atom is 0.272 e. The number of benzene rings is 1. The molecule has 2 fully saturated rings. The van der Waals surface area contributed by atoms with E-state index in [9.17, 15) is 9.59 Å². The second-order valence-electron chi connectivity index (χ2n) is 9.89. The first kappa shape index (κ1) is 26.0. The Morgan fingerprint density at radius 3 is 2.47 bits per heavy atom. The Morgan fingerprint density at radius 1 is 1.08 bits per heavy atom. The zero-order valence-corrected chi connectivity index (χ0v) is 21.8. The number of nitrogens with zero attached hydrogens (tertiary/aromatic N) is 2. The van der Waals surface area contributed by atoms with E-state index in [4.69, 9.17) is 4.42 Å². The van der Waals surface area contributed by atoms with Crippen molar-refractivity contribution in [2.75, 3.05) is 13.1 Å². The summed E-state index contributed by atoms with van der Waals surface area (Å²) in [5, 5.41) is 5.15. The monoisotopic (exact) mass is 492 g/mol. The van der Waals surface area contributed by atoms with Crippen LogP contribution < -0.4 is 10.7 Å². The summed E-state index contributed by atoms with van der Waals surface area (Å²) in [6.07, 6.45) is 11.0. The zero-order valence-electron chi connectivity index (χ0n) is 21.8. The standard InChI is InChI=1S/C27H34N4O3.C2H6/c1-27(26(33)28-21-12-7-2-3-8-13-21)19-31-23(18-22(29-31)24-14-9-17-34-24)25(32)30(27)16-15-20-10-5-4-6-11-20;1-2/h4-6,9-11,14,17-18,21-22,29H,2-3,7-8,12-13,15-16,19H2,1H3,(H,28,33);1-2H3. The Bertz CT molecular complexity index is 1030. The van der Waals surface area contributed by atoms with Crippen molar-refractivity contribution in [2.45, 2.75) is 83.3 Å². The molecule has 7 heteroatoms. The van der Waals surface area contributed by atoms with Gasteiger partial charge in [0, 0.05) is 12.6 Å². The molecule has 3 aliphatic rings. The largest absolute Gasteiger partial charge is 0.467 e. The van der Waals surface area contributed by atoms with Crippen molar-refractivity contribution in [3.05, 3.63) is 71.8 Å². The zero-order chi connectivity index (χ0) is 25.5. The van der Waals surface area contributed by atoms with Crippen molar-refractivity contribution in [1.82, 2.24) is 20.7 Å². The van der Waals surface area contributed by atoms with Crippen molar-refractivity contribution >= 4 is 11.8 Å². The summed E-state index contributed by atoms with van der Waals surface area (Å²) in [4.78, 5) is 29.3. The second kappa shape index (κ2) is 11.8. The van der Waals surface area contributed by atoms with Gasteiger partial charge in [-0.05, 0) is 50.0 Å². The molecule has 2 amide bonds. The Morgan fingerprint density at radius 2 is 1.81 bits per heavy atom. The van der Waals surface area contributed by atoms with Gasteiger partial charge < -0.3 is 14.6 Å². The van der Waals surface area contributed by atoms with Crippen molar-refractivity contribution in [3.8, 4) is 0 Å². The smallest absolute Gasteiger partial charge is 0.272 e. The fourth-order valence-electron chi connectivity index (χ4n) is 5.40. The van der Waals surface area contributed by atoms with Crippen LogP contribution in [0.3, 0.4) is 0 Å². The summed E-state index contributed by atoms with van der Waals surface area (Å²) in [6.45, 7) is 6.77. The second-order valence-corrected chi connectivity index (χ2v) is 9.89. The summed E-state index contributed by atoms with van der Waals surface area (Å²) < 4.78 is 5.56. The molecule has 2 unspecified atom stereocenters. The molecule has 0 bridgehead atoms. The number of carbonyl (C=O) groups excluding carboxylic acids is 2. The highest BCUT2D eigenvalue weighted by Gasteiger charge is 2.51. The number of furan rings is 1. The molecule has 0 spiro atoms. The van der Waals surface area contributed by atoms with Crippen LogP contribution in [0, 0.1) is 0 Å². The molecule has 3 heterocycles. The summed E-state index contributed by atoms with van der Waals surface area (Å²) in [6, 6.07) is 13.8. The van der Waals surface area contributed by atoms with Crippen molar-refractivity contribution < 1.29 is 14.0 Å². The number of carbonyl (C=O) groups is 2. The number of rotatable bonds is 6. The number of nitrogens with one attached hydrogen (secondary N) is 2. The summed E-state index contributed by atoms with van der Waals surface area (Å²) in [5.41, 5.74) is 4.10. The van der Waals surface area contributed by atoms with Crippen LogP contribution in [0.4, 0.5) is 0 Å². The average Bonchev–Trinajstić information content (AvgIpc) is 3.51. The molecule has 1 aromatic carbocycles. The highest BCUT2D eigenvalue weighted by Crippen LogP contribution is 2.34. The Hall–Kier alpha value is -3.06. The van der Waals surface area contributed by atoms with Crippen LogP contribution in [0.2, 0.25) is 0 Å². The van der Waals surface area contributed by atoms with Gasteiger partial charge in [0.05, 0.1) is 12.8 Å². The lowest BCUT2D eigenvalue weighted by molar-refractivity contribution is -0.152. The number of hydrazine groups is 1. The quantitative estimate of drug-likeness (QED) is 0.570. The van der Waals surface area contributed by atoms with E-state index in [2.05, 4.69) is 22.9 Å². The van der Waals surface area contributed by atoms with Crippen LogP contribution in [0.5, 0.6) is 0 Å². The predicted octanol–water partition coefficient (Wildman–Crippen LogP) is 4.73. The van der Waals surface area contributed by atoms with E-state index in [-0.39, 0.29) is 23.9 Å². The number of fused-ring (bicyclic) bond motifs is 1. The first-order valence-electron chi connectivity index (χ1n) is 13.5. The number of hydrogen-bond donors (Lipinski definition) is 2. The molecular weight excluding hydrogens is 452 g/mol. The molecule has 36 heavy (non-hydrogen) atoms. The van der Waals surface area contributed by atoms with Gasteiger partial charge in [0.25, 0.3) is 5.91 Å². The lowest BCUT2D eigenvalue weighted by Gasteiger charge is -2.48. The van der Waals surface area contributed by atoms with Gasteiger partial charge in [-0.25, -0.2) is 5.43 Å². The Balaban J connectivity index is 0.00000148. The maximum absolute atomic E-state index is 13.8. The highest BCUT2D eigenvalue weighted by atomic mass is 16.3. The molecular formula is C29H40N4O3. The molecule has 1 saturated carbocycles. The van der Waals surface area contributed by atoms with Gasteiger partial charge in [0.2, 0.25) is 5.91 Å². The fraction of sp³-hybridized carbons (Fsp3) is 0.517. The van der Waals surface area contributed by atoms with E-state index in [1.807, 2.05) is 62.2 Å². The average molecular weight is 493 g/mol. The van der Waals surface area contributed by atoms with E-state index in [1.165, 1.54) is 12.8 Å².